The third-order valence-electron chi connectivity index (χ3n) is 3.49. The first kappa shape index (κ1) is 13.1. The van der Waals surface area contributed by atoms with E-state index in [2.05, 4.69) is 10.3 Å². The second-order valence-corrected chi connectivity index (χ2v) is 4.96. The molecular formula is C16H17FN2O. The Morgan fingerprint density at radius 2 is 1.70 bits per heavy atom. The van der Waals surface area contributed by atoms with Crippen molar-refractivity contribution in [2.24, 2.45) is 0 Å². The van der Waals surface area contributed by atoms with Crippen molar-refractivity contribution in [3.8, 4) is 17.0 Å². The quantitative estimate of drug-likeness (QED) is 0.932. The third kappa shape index (κ3) is 3.14. The number of pyridine rings is 1. The molecule has 1 aliphatic heterocycles. The average molecular weight is 272 g/mol. The van der Waals surface area contributed by atoms with Crippen molar-refractivity contribution in [1.29, 1.82) is 0 Å². The molecule has 1 aromatic carbocycles. The first-order valence-electron chi connectivity index (χ1n) is 6.90. The minimum atomic E-state index is -0.229. The van der Waals surface area contributed by atoms with E-state index in [4.69, 9.17) is 4.74 Å². The van der Waals surface area contributed by atoms with Crippen LogP contribution in [0.1, 0.15) is 12.8 Å². The highest BCUT2D eigenvalue weighted by Gasteiger charge is 2.14. The molecule has 0 spiro atoms. The van der Waals surface area contributed by atoms with Gasteiger partial charge in [-0.15, -0.1) is 0 Å². The molecule has 3 rings (SSSR count). The van der Waals surface area contributed by atoms with E-state index >= 15 is 0 Å². The lowest BCUT2D eigenvalue weighted by atomic mass is 10.1. The molecule has 0 amide bonds. The van der Waals surface area contributed by atoms with E-state index in [0.29, 0.717) is 5.88 Å². The molecular weight excluding hydrogens is 255 g/mol. The molecule has 0 radical (unpaired) electrons. The van der Waals surface area contributed by atoms with Gasteiger partial charge >= 0.3 is 0 Å². The SMILES string of the molecule is Fc1ccc(-c2ccc(OC3CCNCC3)nc2)cc1. The van der Waals surface area contributed by atoms with E-state index in [1.165, 1.54) is 12.1 Å². The summed E-state index contributed by atoms with van der Waals surface area (Å²) >= 11 is 0. The van der Waals surface area contributed by atoms with Crippen molar-refractivity contribution in [2.75, 3.05) is 13.1 Å². The fourth-order valence-electron chi connectivity index (χ4n) is 2.35. The molecule has 3 nitrogen and oxygen atoms in total. The maximum atomic E-state index is 12.9. The van der Waals surface area contributed by atoms with E-state index < -0.39 is 0 Å². The minimum absolute atomic E-state index is 0.229. The summed E-state index contributed by atoms with van der Waals surface area (Å²) in [6.45, 7) is 2.00. The van der Waals surface area contributed by atoms with Crippen molar-refractivity contribution in [1.82, 2.24) is 10.3 Å². The zero-order valence-corrected chi connectivity index (χ0v) is 11.2. The van der Waals surface area contributed by atoms with Crippen LogP contribution in [0.4, 0.5) is 4.39 Å². The van der Waals surface area contributed by atoms with Crippen molar-refractivity contribution in [3.05, 3.63) is 48.4 Å². The number of ether oxygens (including phenoxy) is 1. The largest absolute Gasteiger partial charge is 0.474 e. The van der Waals surface area contributed by atoms with Crippen LogP contribution in [-0.4, -0.2) is 24.2 Å². The Morgan fingerprint density at radius 3 is 2.35 bits per heavy atom. The Labute approximate surface area is 117 Å². The molecule has 0 bridgehead atoms. The Bertz CT molecular complexity index is 548. The van der Waals surface area contributed by atoms with Crippen LogP contribution in [-0.2, 0) is 0 Å². The second kappa shape index (κ2) is 6.01. The molecule has 1 saturated heterocycles. The summed E-state index contributed by atoms with van der Waals surface area (Å²) in [4.78, 5) is 4.34. The van der Waals surface area contributed by atoms with Crippen LogP contribution in [0.3, 0.4) is 0 Å². The van der Waals surface area contributed by atoms with Gasteiger partial charge in [-0.25, -0.2) is 9.37 Å². The maximum Gasteiger partial charge on any atom is 0.213 e. The molecule has 104 valence electrons. The number of piperidine rings is 1. The van der Waals surface area contributed by atoms with E-state index in [0.717, 1.165) is 37.1 Å². The van der Waals surface area contributed by atoms with Gasteiger partial charge in [0.1, 0.15) is 11.9 Å². The van der Waals surface area contributed by atoms with Gasteiger partial charge in [0.15, 0.2) is 0 Å². The monoisotopic (exact) mass is 272 g/mol. The van der Waals surface area contributed by atoms with Gasteiger partial charge in [0, 0.05) is 17.8 Å². The molecule has 1 aromatic heterocycles. The maximum absolute atomic E-state index is 12.9. The molecule has 20 heavy (non-hydrogen) atoms. The van der Waals surface area contributed by atoms with Gasteiger partial charge in [-0.3, -0.25) is 0 Å². The first-order chi connectivity index (χ1) is 9.81. The van der Waals surface area contributed by atoms with Gasteiger partial charge in [0.25, 0.3) is 0 Å². The summed E-state index contributed by atoms with van der Waals surface area (Å²) in [5.41, 5.74) is 1.91. The fraction of sp³-hybridized carbons (Fsp3) is 0.312. The van der Waals surface area contributed by atoms with Crippen LogP contribution in [0.2, 0.25) is 0 Å². The van der Waals surface area contributed by atoms with E-state index in [1.807, 2.05) is 12.1 Å². The Hall–Kier alpha value is -1.94. The number of benzene rings is 1. The standard InChI is InChI=1S/C16H17FN2O/c17-14-4-1-12(2-5-14)13-3-6-16(19-11-13)20-15-7-9-18-10-8-15/h1-6,11,15,18H,7-10H2. The summed E-state index contributed by atoms with van der Waals surface area (Å²) in [5.74, 6) is 0.426. The zero-order valence-electron chi connectivity index (χ0n) is 11.2. The highest BCUT2D eigenvalue weighted by atomic mass is 19.1. The van der Waals surface area contributed by atoms with Crippen molar-refractivity contribution in [2.45, 2.75) is 18.9 Å². The van der Waals surface area contributed by atoms with Crippen LogP contribution in [0.5, 0.6) is 5.88 Å². The average Bonchev–Trinajstić information content (AvgIpc) is 2.50. The highest BCUT2D eigenvalue weighted by molar-refractivity contribution is 5.62. The summed E-state index contributed by atoms with van der Waals surface area (Å²) < 4.78 is 18.7. The van der Waals surface area contributed by atoms with Gasteiger partial charge in [-0.1, -0.05) is 12.1 Å². The molecule has 0 atom stereocenters. The number of aromatic nitrogens is 1. The Morgan fingerprint density at radius 1 is 1.00 bits per heavy atom. The molecule has 2 aromatic rings. The molecule has 2 heterocycles. The number of rotatable bonds is 3. The number of hydrogen-bond donors (Lipinski definition) is 1. The van der Waals surface area contributed by atoms with E-state index in [9.17, 15) is 4.39 Å². The normalized spacial score (nSPS) is 16.1. The zero-order chi connectivity index (χ0) is 13.8. The second-order valence-electron chi connectivity index (χ2n) is 4.96. The van der Waals surface area contributed by atoms with Crippen molar-refractivity contribution < 1.29 is 9.13 Å². The van der Waals surface area contributed by atoms with Gasteiger partial charge in [-0.05, 0) is 49.7 Å². The van der Waals surface area contributed by atoms with Crippen LogP contribution in [0, 0.1) is 5.82 Å². The molecule has 1 aliphatic rings. The topological polar surface area (TPSA) is 34.1 Å². The molecule has 0 aliphatic carbocycles. The number of hydrogen-bond acceptors (Lipinski definition) is 3. The molecule has 0 saturated carbocycles. The number of nitrogens with zero attached hydrogens (tertiary/aromatic N) is 1. The molecule has 0 unspecified atom stereocenters. The predicted octanol–water partition coefficient (Wildman–Crippen LogP) is 3.02. The summed E-state index contributed by atoms with van der Waals surface area (Å²) in [6, 6.07) is 10.2. The third-order valence-corrected chi connectivity index (χ3v) is 3.49. The van der Waals surface area contributed by atoms with Crippen LogP contribution in [0.15, 0.2) is 42.6 Å². The molecule has 1 fully saturated rings. The van der Waals surface area contributed by atoms with E-state index in [-0.39, 0.29) is 11.9 Å². The van der Waals surface area contributed by atoms with Crippen molar-refractivity contribution in [3.63, 3.8) is 0 Å². The van der Waals surface area contributed by atoms with Gasteiger partial charge < -0.3 is 10.1 Å². The van der Waals surface area contributed by atoms with Crippen LogP contribution in [0.25, 0.3) is 11.1 Å². The smallest absolute Gasteiger partial charge is 0.213 e. The first-order valence-corrected chi connectivity index (χ1v) is 6.90. The lowest BCUT2D eigenvalue weighted by Crippen LogP contribution is -2.34. The van der Waals surface area contributed by atoms with Gasteiger partial charge in [0.05, 0.1) is 0 Å². The summed E-state index contributed by atoms with van der Waals surface area (Å²) in [5, 5.41) is 3.30. The summed E-state index contributed by atoms with van der Waals surface area (Å²) in [7, 11) is 0. The molecule has 1 N–H and O–H groups in total. The number of halogens is 1. The van der Waals surface area contributed by atoms with Crippen molar-refractivity contribution >= 4 is 0 Å². The Balaban J connectivity index is 1.69. The van der Waals surface area contributed by atoms with Crippen LogP contribution >= 0.6 is 0 Å². The lowest BCUT2D eigenvalue weighted by Gasteiger charge is -2.23. The fourth-order valence-corrected chi connectivity index (χ4v) is 2.35. The minimum Gasteiger partial charge on any atom is -0.474 e. The van der Waals surface area contributed by atoms with Gasteiger partial charge in [0.2, 0.25) is 5.88 Å². The highest BCUT2D eigenvalue weighted by Crippen LogP contribution is 2.21. The van der Waals surface area contributed by atoms with Gasteiger partial charge in [-0.2, -0.15) is 0 Å². The van der Waals surface area contributed by atoms with Crippen LogP contribution < -0.4 is 10.1 Å². The Kier molecular flexibility index (Phi) is 3.92. The number of nitrogens with one attached hydrogen (secondary N) is 1. The summed E-state index contributed by atoms with van der Waals surface area (Å²) in [6.07, 6.45) is 4.05. The van der Waals surface area contributed by atoms with E-state index in [1.54, 1.807) is 18.3 Å². The lowest BCUT2D eigenvalue weighted by molar-refractivity contribution is 0.156. The molecule has 4 heteroatoms. The predicted molar refractivity (Wildman–Crippen MR) is 76.2 cm³/mol.